The molecule has 1 atom stereocenters. The zero-order chi connectivity index (χ0) is 15.2. The first-order chi connectivity index (χ1) is 10.1. The van der Waals surface area contributed by atoms with Crippen LogP contribution in [0.3, 0.4) is 0 Å². The van der Waals surface area contributed by atoms with Gasteiger partial charge in [-0.15, -0.1) is 0 Å². The number of benzene rings is 1. The largest absolute Gasteiger partial charge is 0.313 e. The number of nitrogens with one attached hydrogen (secondary N) is 1. The van der Waals surface area contributed by atoms with E-state index < -0.39 is 0 Å². The average molecular weight is 289 g/mol. The first kappa shape index (κ1) is 15.9. The molecule has 0 aliphatic carbocycles. The van der Waals surface area contributed by atoms with E-state index in [1.54, 1.807) is 12.1 Å². The summed E-state index contributed by atoms with van der Waals surface area (Å²) in [7, 11) is 0. The summed E-state index contributed by atoms with van der Waals surface area (Å²) in [5, 5.41) is 12.5. The molecule has 1 aliphatic rings. The van der Waals surface area contributed by atoms with Crippen molar-refractivity contribution in [3.05, 3.63) is 35.1 Å². The molecule has 2 rings (SSSR count). The van der Waals surface area contributed by atoms with Crippen molar-refractivity contribution in [1.82, 2.24) is 10.2 Å². The van der Waals surface area contributed by atoms with Gasteiger partial charge in [0.05, 0.1) is 5.56 Å². The Labute approximate surface area is 126 Å². The van der Waals surface area contributed by atoms with E-state index in [1.165, 1.54) is 25.3 Å². The molecule has 0 radical (unpaired) electrons. The van der Waals surface area contributed by atoms with Crippen LogP contribution in [0, 0.1) is 17.1 Å². The van der Waals surface area contributed by atoms with Gasteiger partial charge < -0.3 is 5.32 Å². The van der Waals surface area contributed by atoms with Gasteiger partial charge in [0.15, 0.2) is 0 Å². The Balaban J connectivity index is 2.07. The highest BCUT2D eigenvalue weighted by Gasteiger charge is 2.20. The molecule has 0 amide bonds. The van der Waals surface area contributed by atoms with Crippen LogP contribution in [-0.2, 0) is 6.54 Å². The maximum atomic E-state index is 14.2. The van der Waals surface area contributed by atoms with Crippen molar-refractivity contribution in [2.24, 2.45) is 0 Å². The summed E-state index contributed by atoms with van der Waals surface area (Å²) in [5.41, 5.74) is 0.741. The summed E-state index contributed by atoms with van der Waals surface area (Å²) >= 11 is 0. The number of hydrogen-bond donors (Lipinski definition) is 1. The number of nitriles is 1. The Hall–Kier alpha value is -1.44. The van der Waals surface area contributed by atoms with Crippen LogP contribution in [0.25, 0.3) is 0 Å². The summed E-state index contributed by atoms with van der Waals surface area (Å²) in [4.78, 5) is 2.28. The molecule has 3 nitrogen and oxygen atoms in total. The fourth-order valence-corrected chi connectivity index (χ4v) is 2.83. The predicted molar refractivity (Wildman–Crippen MR) is 82.3 cm³/mol. The fraction of sp³-hybridized carbons (Fsp3) is 0.588. The van der Waals surface area contributed by atoms with Crippen LogP contribution in [0.2, 0.25) is 0 Å². The molecule has 1 saturated heterocycles. The molecule has 1 fully saturated rings. The molecule has 1 aromatic carbocycles. The molecule has 1 N–H and O–H groups in total. The van der Waals surface area contributed by atoms with Gasteiger partial charge in [0.2, 0.25) is 0 Å². The zero-order valence-electron chi connectivity index (χ0n) is 12.9. The van der Waals surface area contributed by atoms with Crippen molar-refractivity contribution < 1.29 is 4.39 Å². The lowest BCUT2D eigenvalue weighted by Crippen LogP contribution is -2.45. The first-order valence-corrected chi connectivity index (χ1v) is 7.76. The minimum atomic E-state index is -0.373. The SMILES string of the molecule is CC(C)N(Cc1cccc(C#N)c1F)CC1CCCCN1. The van der Waals surface area contributed by atoms with E-state index in [0.717, 1.165) is 13.1 Å². The van der Waals surface area contributed by atoms with Gasteiger partial charge >= 0.3 is 0 Å². The van der Waals surface area contributed by atoms with E-state index in [9.17, 15) is 4.39 Å². The third kappa shape index (κ3) is 4.26. The summed E-state index contributed by atoms with van der Waals surface area (Å²) in [6.45, 7) is 6.82. The van der Waals surface area contributed by atoms with Gasteiger partial charge in [-0.05, 0) is 39.3 Å². The monoisotopic (exact) mass is 289 g/mol. The summed E-state index contributed by atoms with van der Waals surface area (Å²) < 4.78 is 14.2. The number of halogens is 1. The van der Waals surface area contributed by atoms with Crippen molar-refractivity contribution in [2.45, 2.75) is 51.7 Å². The zero-order valence-corrected chi connectivity index (χ0v) is 12.9. The molecule has 4 heteroatoms. The van der Waals surface area contributed by atoms with Crippen molar-refractivity contribution in [2.75, 3.05) is 13.1 Å². The highest BCUT2D eigenvalue weighted by molar-refractivity contribution is 5.34. The smallest absolute Gasteiger partial charge is 0.145 e. The first-order valence-electron chi connectivity index (χ1n) is 7.76. The highest BCUT2D eigenvalue weighted by Crippen LogP contribution is 2.17. The van der Waals surface area contributed by atoms with Crippen LogP contribution in [0.1, 0.15) is 44.2 Å². The Bertz CT molecular complexity index is 501. The van der Waals surface area contributed by atoms with E-state index in [-0.39, 0.29) is 11.4 Å². The second-order valence-corrected chi connectivity index (χ2v) is 6.06. The molecule has 1 heterocycles. The van der Waals surface area contributed by atoms with Crippen molar-refractivity contribution in [3.63, 3.8) is 0 Å². The maximum absolute atomic E-state index is 14.2. The molecule has 1 aromatic rings. The molecular weight excluding hydrogens is 265 g/mol. The van der Waals surface area contributed by atoms with Gasteiger partial charge in [-0.1, -0.05) is 18.6 Å². The van der Waals surface area contributed by atoms with Crippen LogP contribution in [0.4, 0.5) is 4.39 Å². The van der Waals surface area contributed by atoms with E-state index in [0.29, 0.717) is 24.2 Å². The standard InChI is InChI=1S/C17H24FN3/c1-13(2)21(12-16-8-3-4-9-20-16)11-15-7-5-6-14(10-19)17(15)18/h5-7,13,16,20H,3-4,8-9,11-12H2,1-2H3. The number of hydrogen-bond acceptors (Lipinski definition) is 3. The van der Waals surface area contributed by atoms with Crippen LogP contribution in [0.5, 0.6) is 0 Å². The summed E-state index contributed by atoms with van der Waals surface area (Å²) in [6, 6.07) is 7.81. The van der Waals surface area contributed by atoms with Crippen LogP contribution >= 0.6 is 0 Å². The van der Waals surface area contributed by atoms with Gasteiger partial charge in [-0.25, -0.2) is 4.39 Å². The topological polar surface area (TPSA) is 39.1 Å². The Kier molecular flexibility index (Phi) is 5.72. The van der Waals surface area contributed by atoms with Crippen molar-refractivity contribution >= 4 is 0 Å². The van der Waals surface area contributed by atoms with Gasteiger partial charge in [-0.2, -0.15) is 5.26 Å². The Morgan fingerprint density at radius 2 is 2.24 bits per heavy atom. The minimum Gasteiger partial charge on any atom is -0.313 e. The fourth-order valence-electron chi connectivity index (χ4n) is 2.83. The molecule has 0 saturated carbocycles. The van der Waals surface area contributed by atoms with E-state index in [4.69, 9.17) is 5.26 Å². The second-order valence-electron chi connectivity index (χ2n) is 6.06. The average Bonchev–Trinajstić information content (AvgIpc) is 2.49. The highest BCUT2D eigenvalue weighted by atomic mass is 19.1. The van der Waals surface area contributed by atoms with Crippen LogP contribution in [-0.4, -0.2) is 30.1 Å². The van der Waals surface area contributed by atoms with E-state index in [1.807, 2.05) is 6.07 Å². The third-order valence-electron chi connectivity index (χ3n) is 4.17. The number of nitrogens with zero attached hydrogens (tertiary/aromatic N) is 2. The predicted octanol–water partition coefficient (Wildman–Crippen LogP) is 3.05. The quantitative estimate of drug-likeness (QED) is 0.905. The lowest BCUT2D eigenvalue weighted by Gasteiger charge is -2.33. The number of rotatable bonds is 5. The molecule has 0 bridgehead atoms. The third-order valence-corrected chi connectivity index (χ3v) is 4.17. The maximum Gasteiger partial charge on any atom is 0.145 e. The van der Waals surface area contributed by atoms with Crippen molar-refractivity contribution in [3.8, 4) is 6.07 Å². The molecule has 1 aliphatic heterocycles. The summed E-state index contributed by atoms with van der Waals surface area (Å²) in [5.74, 6) is -0.373. The Morgan fingerprint density at radius 3 is 2.86 bits per heavy atom. The van der Waals surface area contributed by atoms with Gasteiger partial charge in [-0.3, -0.25) is 4.90 Å². The number of piperidine rings is 1. The van der Waals surface area contributed by atoms with Crippen LogP contribution < -0.4 is 5.32 Å². The molecule has 0 spiro atoms. The Morgan fingerprint density at radius 1 is 1.43 bits per heavy atom. The van der Waals surface area contributed by atoms with Crippen LogP contribution in [0.15, 0.2) is 18.2 Å². The van der Waals surface area contributed by atoms with E-state index in [2.05, 4.69) is 24.1 Å². The lowest BCUT2D eigenvalue weighted by molar-refractivity contribution is 0.175. The van der Waals surface area contributed by atoms with Gasteiger partial charge in [0, 0.05) is 30.7 Å². The minimum absolute atomic E-state index is 0.131. The molecule has 1 unspecified atom stereocenters. The van der Waals surface area contributed by atoms with Crippen molar-refractivity contribution in [1.29, 1.82) is 5.26 Å². The van der Waals surface area contributed by atoms with Gasteiger partial charge in [0.1, 0.15) is 11.9 Å². The normalized spacial score (nSPS) is 19.0. The molecule has 114 valence electrons. The summed E-state index contributed by atoms with van der Waals surface area (Å²) in [6.07, 6.45) is 3.70. The molecule has 21 heavy (non-hydrogen) atoms. The lowest BCUT2D eigenvalue weighted by atomic mass is 10.0. The molecular formula is C17H24FN3. The second kappa shape index (κ2) is 7.53. The van der Waals surface area contributed by atoms with Gasteiger partial charge in [0.25, 0.3) is 0 Å². The van der Waals surface area contributed by atoms with E-state index >= 15 is 0 Å². The molecule has 0 aromatic heterocycles.